The average molecular weight is 284 g/mol. The fraction of sp³-hybridized carbons (Fsp3) is 0.500. The van der Waals surface area contributed by atoms with Crippen LogP contribution in [0.25, 0.3) is 0 Å². The van der Waals surface area contributed by atoms with E-state index in [0.717, 1.165) is 12.1 Å². The Bertz CT molecular complexity index is 464. The molecule has 5 heteroatoms. The van der Waals surface area contributed by atoms with Gasteiger partial charge in [0, 0.05) is 19.0 Å². The van der Waals surface area contributed by atoms with E-state index in [1.807, 2.05) is 25.1 Å². The van der Waals surface area contributed by atoms with Crippen molar-refractivity contribution in [3.05, 3.63) is 28.8 Å². The van der Waals surface area contributed by atoms with Crippen molar-refractivity contribution in [2.24, 2.45) is 5.92 Å². The Kier molecular flexibility index (Phi) is 4.66. The van der Waals surface area contributed by atoms with Crippen LogP contribution in [-0.4, -0.2) is 32.8 Å². The Morgan fingerprint density at radius 2 is 2.26 bits per heavy atom. The molecule has 1 aliphatic heterocycles. The number of ether oxygens (including phenoxy) is 2. The smallest absolute Gasteiger partial charge is 0.310 e. The van der Waals surface area contributed by atoms with E-state index in [-0.39, 0.29) is 17.8 Å². The summed E-state index contributed by atoms with van der Waals surface area (Å²) in [6.07, 6.45) is 0. The van der Waals surface area contributed by atoms with Crippen molar-refractivity contribution < 1.29 is 14.3 Å². The summed E-state index contributed by atoms with van der Waals surface area (Å²) in [4.78, 5) is 12.0. The van der Waals surface area contributed by atoms with Crippen LogP contribution in [0.5, 0.6) is 5.75 Å². The molecule has 0 aromatic heterocycles. The summed E-state index contributed by atoms with van der Waals surface area (Å²) >= 11 is 6.33. The first-order valence-corrected chi connectivity index (χ1v) is 6.76. The number of halogens is 1. The molecular weight excluding hydrogens is 266 g/mol. The Morgan fingerprint density at radius 1 is 1.47 bits per heavy atom. The number of benzene rings is 1. The number of rotatable bonds is 4. The summed E-state index contributed by atoms with van der Waals surface area (Å²) in [5.74, 6) is 0.302. The van der Waals surface area contributed by atoms with Gasteiger partial charge in [0.25, 0.3) is 0 Å². The number of hydrogen-bond donors (Lipinski definition) is 1. The number of carbonyl (C=O) groups is 1. The molecule has 2 atom stereocenters. The molecule has 1 fully saturated rings. The molecule has 0 saturated carbocycles. The minimum atomic E-state index is -0.190. The zero-order valence-electron chi connectivity index (χ0n) is 11.1. The highest BCUT2D eigenvalue weighted by Gasteiger charge is 2.36. The Labute approximate surface area is 118 Å². The predicted molar refractivity (Wildman–Crippen MR) is 73.7 cm³/mol. The predicted octanol–water partition coefficient (Wildman–Crippen LogP) is 2.21. The minimum absolute atomic E-state index is 0.0293. The van der Waals surface area contributed by atoms with Gasteiger partial charge in [-0.3, -0.25) is 4.79 Å². The van der Waals surface area contributed by atoms with E-state index in [2.05, 4.69) is 5.32 Å². The monoisotopic (exact) mass is 283 g/mol. The molecule has 1 aliphatic rings. The standard InChI is InChI=1S/C14H18ClNO3/c1-3-19-14(17)11-8-16-7-10(11)9-5-4-6-12(18-2)13(9)15/h4-6,10-11,16H,3,7-8H2,1-2H3. The number of hydrogen-bond acceptors (Lipinski definition) is 4. The van der Waals surface area contributed by atoms with Crippen LogP contribution in [0.3, 0.4) is 0 Å². The molecule has 2 unspecified atom stereocenters. The van der Waals surface area contributed by atoms with Crippen LogP contribution in [0.1, 0.15) is 18.4 Å². The van der Waals surface area contributed by atoms with Crippen molar-refractivity contribution in [2.75, 3.05) is 26.8 Å². The lowest BCUT2D eigenvalue weighted by molar-refractivity contribution is -0.147. The third-order valence-corrected chi connectivity index (χ3v) is 3.82. The molecule has 104 valence electrons. The van der Waals surface area contributed by atoms with E-state index < -0.39 is 0 Å². The molecule has 0 bridgehead atoms. The molecule has 1 N–H and O–H groups in total. The van der Waals surface area contributed by atoms with Gasteiger partial charge in [-0.2, -0.15) is 0 Å². The van der Waals surface area contributed by atoms with E-state index in [1.54, 1.807) is 7.11 Å². The minimum Gasteiger partial charge on any atom is -0.495 e. The second-order valence-corrected chi connectivity index (χ2v) is 4.86. The van der Waals surface area contributed by atoms with Crippen molar-refractivity contribution in [2.45, 2.75) is 12.8 Å². The summed E-state index contributed by atoms with van der Waals surface area (Å²) in [5.41, 5.74) is 0.934. The van der Waals surface area contributed by atoms with Crippen LogP contribution < -0.4 is 10.1 Å². The molecule has 1 aromatic rings. The zero-order valence-corrected chi connectivity index (χ0v) is 11.9. The SMILES string of the molecule is CCOC(=O)C1CNCC1c1cccc(OC)c1Cl. The first-order chi connectivity index (χ1) is 9.19. The van der Waals surface area contributed by atoms with Gasteiger partial charge in [0.05, 0.1) is 24.7 Å². The zero-order chi connectivity index (χ0) is 13.8. The maximum Gasteiger partial charge on any atom is 0.310 e. The second-order valence-electron chi connectivity index (χ2n) is 4.49. The lowest BCUT2D eigenvalue weighted by atomic mass is 9.89. The van der Waals surface area contributed by atoms with Gasteiger partial charge >= 0.3 is 5.97 Å². The van der Waals surface area contributed by atoms with Crippen LogP contribution in [0, 0.1) is 5.92 Å². The van der Waals surface area contributed by atoms with E-state index >= 15 is 0 Å². The van der Waals surface area contributed by atoms with Gasteiger partial charge in [0.1, 0.15) is 5.75 Å². The number of nitrogens with one attached hydrogen (secondary N) is 1. The average Bonchev–Trinajstić information content (AvgIpc) is 2.88. The Morgan fingerprint density at radius 3 is 2.95 bits per heavy atom. The van der Waals surface area contributed by atoms with Gasteiger partial charge in [-0.25, -0.2) is 0 Å². The van der Waals surface area contributed by atoms with Crippen molar-refractivity contribution in [1.29, 1.82) is 0 Å². The summed E-state index contributed by atoms with van der Waals surface area (Å²) in [5, 5.41) is 3.80. The van der Waals surface area contributed by atoms with Crippen LogP contribution in [0.15, 0.2) is 18.2 Å². The van der Waals surface area contributed by atoms with Crippen LogP contribution >= 0.6 is 11.6 Å². The molecule has 0 amide bonds. The maximum absolute atomic E-state index is 12.0. The number of carbonyl (C=O) groups excluding carboxylic acids is 1. The molecule has 2 rings (SSSR count). The van der Waals surface area contributed by atoms with E-state index in [0.29, 0.717) is 23.9 Å². The molecule has 0 aliphatic carbocycles. The molecule has 0 spiro atoms. The highest BCUT2D eigenvalue weighted by Crippen LogP contribution is 2.37. The molecule has 1 heterocycles. The van der Waals surface area contributed by atoms with Crippen molar-refractivity contribution in [1.82, 2.24) is 5.32 Å². The fourth-order valence-corrected chi connectivity index (χ4v) is 2.82. The fourth-order valence-electron chi connectivity index (χ4n) is 2.47. The Balaban J connectivity index is 2.27. The van der Waals surface area contributed by atoms with Crippen LogP contribution in [-0.2, 0) is 9.53 Å². The third kappa shape index (κ3) is 2.85. The number of methoxy groups -OCH3 is 1. The van der Waals surface area contributed by atoms with Crippen molar-refractivity contribution >= 4 is 17.6 Å². The Hall–Kier alpha value is -1.26. The first kappa shape index (κ1) is 14.2. The summed E-state index contributed by atoms with van der Waals surface area (Å²) < 4.78 is 10.3. The molecule has 1 saturated heterocycles. The molecule has 19 heavy (non-hydrogen) atoms. The van der Waals surface area contributed by atoms with Gasteiger partial charge in [-0.15, -0.1) is 0 Å². The van der Waals surface area contributed by atoms with Crippen molar-refractivity contribution in [3.8, 4) is 5.75 Å². The maximum atomic E-state index is 12.0. The second kappa shape index (κ2) is 6.26. The highest BCUT2D eigenvalue weighted by molar-refractivity contribution is 6.32. The normalized spacial score (nSPS) is 22.3. The molecule has 4 nitrogen and oxygen atoms in total. The van der Waals surface area contributed by atoms with Crippen molar-refractivity contribution in [3.63, 3.8) is 0 Å². The van der Waals surface area contributed by atoms with E-state index in [9.17, 15) is 4.79 Å². The summed E-state index contributed by atoms with van der Waals surface area (Å²) in [7, 11) is 1.58. The largest absolute Gasteiger partial charge is 0.495 e. The van der Waals surface area contributed by atoms with Gasteiger partial charge in [-0.1, -0.05) is 23.7 Å². The van der Waals surface area contributed by atoms with E-state index in [4.69, 9.17) is 21.1 Å². The quantitative estimate of drug-likeness (QED) is 0.861. The lowest BCUT2D eigenvalue weighted by Gasteiger charge is -2.19. The highest BCUT2D eigenvalue weighted by atomic mass is 35.5. The molecule has 1 aromatic carbocycles. The topological polar surface area (TPSA) is 47.6 Å². The first-order valence-electron chi connectivity index (χ1n) is 6.38. The molecule has 0 radical (unpaired) electrons. The van der Waals surface area contributed by atoms with Gasteiger partial charge in [0.15, 0.2) is 0 Å². The summed E-state index contributed by atoms with van der Waals surface area (Å²) in [6.45, 7) is 3.55. The third-order valence-electron chi connectivity index (χ3n) is 3.42. The summed E-state index contributed by atoms with van der Waals surface area (Å²) in [6, 6.07) is 5.64. The van der Waals surface area contributed by atoms with Crippen LogP contribution in [0.2, 0.25) is 5.02 Å². The van der Waals surface area contributed by atoms with Gasteiger partial charge in [0.2, 0.25) is 0 Å². The van der Waals surface area contributed by atoms with Gasteiger partial charge in [-0.05, 0) is 18.6 Å². The number of esters is 1. The molecular formula is C14H18ClNO3. The van der Waals surface area contributed by atoms with Crippen LogP contribution in [0.4, 0.5) is 0 Å². The lowest BCUT2D eigenvalue weighted by Crippen LogP contribution is -2.24. The van der Waals surface area contributed by atoms with E-state index in [1.165, 1.54) is 0 Å². The van der Waals surface area contributed by atoms with Gasteiger partial charge < -0.3 is 14.8 Å².